The highest BCUT2D eigenvalue weighted by Gasteiger charge is 2.00. The molecule has 138 valence electrons. The molecule has 4 nitrogen and oxygen atoms in total. The second-order valence-corrected chi connectivity index (χ2v) is 6.68. The molecule has 0 saturated carbocycles. The van der Waals surface area contributed by atoms with Gasteiger partial charge >= 0.3 is 0 Å². The lowest BCUT2D eigenvalue weighted by atomic mass is 10.1. The van der Waals surface area contributed by atoms with Gasteiger partial charge in [-0.05, 0) is 72.7 Å². The average Bonchev–Trinajstić information content (AvgIpc) is 2.66. The molecule has 0 amide bonds. The van der Waals surface area contributed by atoms with Crippen LogP contribution >= 0.6 is 24.4 Å². The zero-order valence-electron chi connectivity index (χ0n) is 15.3. The molecule has 0 heterocycles. The third-order valence-corrected chi connectivity index (χ3v) is 4.43. The average molecular weight is 387 g/mol. The van der Waals surface area contributed by atoms with Gasteiger partial charge in [0.1, 0.15) is 0 Å². The number of thiocarbonyl (C=S) groups is 2. The minimum absolute atomic E-state index is 0.602. The maximum atomic E-state index is 5.31. The Morgan fingerprint density at radius 1 is 0.654 bits per heavy atom. The van der Waals surface area contributed by atoms with Crippen LogP contribution in [-0.2, 0) is 12.8 Å². The summed E-state index contributed by atoms with van der Waals surface area (Å²) < 4.78 is 0. The van der Waals surface area contributed by atoms with Crippen LogP contribution in [0.3, 0.4) is 0 Å². The quantitative estimate of drug-likeness (QED) is 0.425. The third-order valence-electron chi connectivity index (χ3n) is 3.94. The molecule has 0 aliphatic carbocycles. The van der Waals surface area contributed by atoms with Crippen LogP contribution in [-0.4, -0.2) is 23.3 Å². The van der Waals surface area contributed by atoms with E-state index in [1.54, 1.807) is 0 Å². The van der Waals surface area contributed by atoms with Crippen molar-refractivity contribution in [2.24, 2.45) is 0 Å². The predicted molar refractivity (Wildman–Crippen MR) is 120 cm³/mol. The van der Waals surface area contributed by atoms with Crippen LogP contribution in [0.2, 0.25) is 0 Å². The molecule has 0 radical (unpaired) electrons. The normalized spacial score (nSPS) is 10.1. The molecule has 0 aromatic heterocycles. The van der Waals surface area contributed by atoms with E-state index in [-0.39, 0.29) is 0 Å². The van der Waals surface area contributed by atoms with Gasteiger partial charge in [-0.2, -0.15) is 0 Å². The maximum absolute atomic E-state index is 5.31. The molecule has 0 atom stereocenters. The van der Waals surface area contributed by atoms with Crippen molar-refractivity contribution in [1.82, 2.24) is 10.6 Å². The smallest absolute Gasteiger partial charge is 0.170 e. The summed E-state index contributed by atoms with van der Waals surface area (Å²) in [6.45, 7) is 5.63. The molecule has 0 aliphatic heterocycles. The van der Waals surface area contributed by atoms with Gasteiger partial charge in [0.25, 0.3) is 0 Å². The van der Waals surface area contributed by atoms with Gasteiger partial charge in [-0.15, -0.1) is 0 Å². The van der Waals surface area contributed by atoms with E-state index in [4.69, 9.17) is 24.4 Å². The highest BCUT2D eigenvalue weighted by Crippen LogP contribution is 2.10. The first-order chi connectivity index (χ1) is 12.6. The van der Waals surface area contributed by atoms with Crippen molar-refractivity contribution in [3.8, 4) is 0 Å². The summed E-state index contributed by atoms with van der Waals surface area (Å²) in [5.41, 5.74) is 4.59. The fourth-order valence-electron chi connectivity index (χ4n) is 2.35. The monoisotopic (exact) mass is 386 g/mol. The van der Waals surface area contributed by atoms with E-state index in [1.165, 1.54) is 11.1 Å². The molecule has 0 spiro atoms. The Labute approximate surface area is 166 Å². The van der Waals surface area contributed by atoms with E-state index in [9.17, 15) is 0 Å². The van der Waals surface area contributed by atoms with Gasteiger partial charge in [0.2, 0.25) is 0 Å². The molecule has 2 aromatic carbocycles. The van der Waals surface area contributed by atoms with Gasteiger partial charge in [-0.3, -0.25) is 0 Å². The SMILES string of the molecule is CCc1ccc(NC(=S)NCCNC(=S)Nc2ccc(CC)cc2)cc1. The molecule has 6 heteroatoms. The van der Waals surface area contributed by atoms with Gasteiger partial charge < -0.3 is 21.3 Å². The Bertz CT molecular complexity index is 648. The van der Waals surface area contributed by atoms with Crippen LogP contribution in [0, 0.1) is 0 Å². The van der Waals surface area contributed by atoms with Crippen molar-refractivity contribution >= 4 is 46.0 Å². The fourth-order valence-corrected chi connectivity index (χ4v) is 2.79. The van der Waals surface area contributed by atoms with Crippen molar-refractivity contribution in [2.45, 2.75) is 26.7 Å². The molecule has 0 bridgehead atoms. The Morgan fingerprint density at radius 3 is 1.31 bits per heavy atom. The first-order valence-electron chi connectivity index (χ1n) is 8.88. The number of aryl methyl sites for hydroxylation is 2. The number of anilines is 2. The standard InChI is InChI=1S/C20H26N4S2/c1-3-15-5-9-17(10-6-15)23-19(25)21-13-14-22-20(26)24-18-11-7-16(4-2)8-12-18/h5-12H,3-4,13-14H2,1-2H3,(H2,21,23,25)(H2,22,24,26). The molecule has 0 aliphatic rings. The van der Waals surface area contributed by atoms with Gasteiger partial charge in [-0.25, -0.2) is 0 Å². The molecular weight excluding hydrogens is 360 g/mol. The van der Waals surface area contributed by atoms with E-state index in [0.29, 0.717) is 23.3 Å². The Morgan fingerprint density at radius 2 is 1.00 bits per heavy atom. The van der Waals surface area contributed by atoms with E-state index < -0.39 is 0 Å². The first kappa shape index (κ1) is 20.1. The molecule has 0 unspecified atom stereocenters. The molecule has 0 saturated heterocycles. The van der Waals surface area contributed by atoms with Crippen molar-refractivity contribution in [3.63, 3.8) is 0 Å². The number of nitrogens with one attached hydrogen (secondary N) is 4. The van der Waals surface area contributed by atoms with Gasteiger partial charge in [0.15, 0.2) is 10.2 Å². The number of benzene rings is 2. The molecule has 2 aromatic rings. The maximum Gasteiger partial charge on any atom is 0.170 e. The van der Waals surface area contributed by atoms with Crippen LogP contribution in [0.1, 0.15) is 25.0 Å². The fraction of sp³-hybridized carbons (Fsp3) is 0.300. The Hall–Kier alpha value is -2.18. The second-order valence-electron chi connectivity index (χ2n) is 5.86. The minimum Gasteiger partial charge on any atom is -0.361 e. The van der Waals surface area contributed by atoms with E-state index in [2.05, 4.69) is 59.4 Å². The van der Waals surface area contributed by atoms with E-state index in [1.807, 2.05) is 24.3 Å². The van der Waals surface area contributed by atoms with Crippen molar-refractivity contribution in [1.29, 1.82) is 0 Å². The first-order valence-corrected chi connectivity index (χ1v) is 9.70. The predicted octanol–water partition coefficient (Wildman–Crippen LogP) is 4.08. The molecule has 4 N–H and O–H groups in total. The van der Waals surface area contributed by atoms with E-state index >= 15 is 0 Å². The number of rotatable bonds is 7. The summed E-state index contributed by atoms with van der Waals surface area (Å²) in [4.78, 5) is 0. The third kappa shape index (κ3) is 6.98. The summed E-state index contributed by atoms with van der Waals surface area (Å²) in [7, 11) is 0. The summed E-state index contributed by atoms with van der Waals surface area (Å²) >= 11 is 10.6. The van der Waals surface area contributed by atoms with Gasteiger partial charge in [0, 0.05) is 24.5 Å². The summed E-state index contributed by atoms with van der Waals surface area (Å²) in [6, 6.07) is 16.5. The van der Waals surface area contributed by atoms with Crippen molar-refractivity contribution < 1.29 is 0 Å². The van der Waals surface area contributed by atoms with Crippen LogP contribution in [0.15, 0.2) is 48.5 Å². The molecule has 26 heavy (non-hydrogen) atoms. The van der Waals surface area contributed by atoms with Crippen molar-refractivity contribution in [2.75, 3.05) is 23.7 Å². The lowest BCUT2D eigenvalue weighted by Gasteiger charge is -2.13. The lowest BCUT2D eigenvalue weighted by Crippen LogP contribution is -2.38. The number of hydrogen-bond acceptors (Lipinski definition) is 2. The molecular formula is C20H26N4S2. The van der Waals surface area contributed by atoms with Gasteiger partial charge in [-0.1, -0.05) is 38.1 Å². The highest BCUT2D eigenvalue weighted by atomic mass is 32.1. The summed E-state index contributed by atoms with van der Waals surface area (Å²) in [6.07, 6.45) is 2.07. The second kappa shape index (κ2) is 10.7. The van der Waals surface area contributed by atoms with Crippen molar-refractivity contribution in [3.05, 3.63) is 59.7 Å². The Balaban J connectivity index is 1.63. The van der Waals surface area contributed by atoms with E-state index in [0.717, 1.165) is 24.2 Å². The molecule has 0 fully saturated rings. The summed E-state index contributed by atoms with van der Waals surface area (Å²) in [5, 5.41) is 13.9. The molecule has 2 rings (SSSR count). The van der Waals surface area contributed by atoms with Crippen LogP contribution in [0.5, 0.6) is 0 Å². The van der Waals surface area contributed by atoms with Gasteiger partial charge in [0.05, 0.1) is 0 Å². The minimum atomic E-state index is 0.602. The van der Waals surface area contributed by atoms with Crippen LogP contribution in [0.4, 0.5) is 11.4 Å². The summed E-state index contributed by atoms with van der Waals surface area (Å²) in [5.74, 6) is 0. The largest absolute Gasteiger partial charge is 0.361 e. The van der Waals surface area contributed by atoms with Crippen LogP contribution in [0.25, 0.3) is 0 Å². The zero-order valence-corrected chi connectivity index (χ0v) is 16.9. The highest BCUT2D eigenvalue weighted by molar-refractivity contribution is 7.80. The Kier molecular flexibility index (Phi) is 8.31. The zero-order chi connectivity index (χ0) is 18.8. The lowest BCUT2D eigenvalue weighted by molar-refractivity contribution is 0.821. The number of hydrogen-bond donors (Lipinski definition) is 4. The topological polar surface area (TPSA) is 48.1 Å². The van der Waals surface area contributed by atoms with Crippen LogP contribution < -0.4 is 21.3 Å².